The molecule has 1 aromatic rings. The van der Waals surface area contributed by atoms with Crippen molar-refractivity contribution in [2.45, 2.75) is 45.1 Å². The Morgan fingerprint density at radius 2 is 2.08 bits per heavy atom. The Bertz CT molecular complexity index is 697. The Labute approximate surface area is 141 Å². The Morgan fingerprint density at radius 1 is 1.38 bits per heavy atom. The summed E-state index contributed by atoms with van der Waals surface area (Å²) >= 11 is 0. The van der Waals surface area contributed by atoms with E-state index in [4.69, 9.17) is 0 Å². The molecule has 24 heavy (non-hydrogen) atoms. The Hall–Kier alpha value is -2.37. The highest BCUT2D eigenvalue weighted by molar-refractivity contribution is 6.10. The van der Waals surface area contributed by atoms with Gasteiger partial charge in [0.15, 0.2) is 0 Å². The average Bonchev–Trinajstić information content (AvgIpc) is 3.34. The molecule has 1 atom stereocenters. The molecule has 0 radical (unpaired) electrons. The van der Waals surface area contributed by atoms with E-state index in [1.54, 1.807) is 13.0 Å². The minimum Gasteiger partial charge on any atom is -0.325 e. The number of amides is 4. The first-order valence-electron chi connectivity index (χ1n) is 8.35. The molecule has 128 valence electrons. The standard InChI is InChI=1S/C18H23N3O3/c1-11(2)12-5-4-6-14(9-12)19-15(22)10-21-16(23)18(3,13-7-8-13)20-17(21)24/h4-6,9,11,13H,7-8,10H2,1-3H3,(H,19,22)(H,20,24)/t18-/m0/s1. The summed E-state index contributed by atoms with van der Waals surface area (Å²) in [4.78, 5) is 37.9. The summed E-state index contributed by atoms with van der Waals surface area (Å²) in [6.45, 7) is 5.63. The minimum atomic E-state index is -0.852. The van der Waals surface area contributed by atoms with Crippen LogP contribution in [0, 0.1) is 5.92 Å². The number of imide groups is 1. The van der Waals surface area contributed by atoms with Gasteiger partial charge in [-0.3, -0.25) is 14.5 Å². The van der Waals surface area contributed by atoms with Gasteiger partial charge in [0.2, 0.25) is 5.91 Å². The van der Waals surface area contributed by atoms with Gasteiger partial charge in [-0.25, -0.2) is 4.79 Å². The lowest BCUT2D eigenvalue weighted by Crippen LogP contribution is -2.46. The molecular formula is C18H23N3O3. The predicted octanol–water partition coefficient (Wildman–Crippen LogP) is 2.47. The first kappa shape index (κ1) is 16.5. The van der Waals surface area contributed by atoms with Crippen molar-refractivity contribution in [2.24, 2.45) is 5.92 Å². The van der Waals surface area contributed by atoms with E-state index in [0.717, 1.165) is 23.3 Å². The van der Waals surface area contributed by atoms with E-state index in [1.807, 2.05) is 18.2 Å². The molecule has 2 aliphatic rings. The van der Waals surface area contributed by atoms with E-state index in [0.29, 0.717) is 11.6 Å². The van der Waals surface area contributed by atoms with Crippen LogP contribution in [0.2, 0.25) is 0 Å². The molecule has 0 spiro atoms. The number of benzene rings is 1. The summed E-state index contributed by atoms with van der Waals surface area (Å²) in [5, 5.41) is 5.51. The number of urea groups is 1. The maximum Gasteiger partial charge on any atom is 0.325 e. The van der Waals surface area contributed by atoms with E-state index in [2.05, 4.69) is 24.5 Å². The van der Waals surface area contributed by atoms with Crippen molar-refractivity contribution < 1.29 is 14.4 Å². The largest absolute Gasteiger partial charge is 0.325 e. The van der Waals surface area contributed by atoms with Gasteiger partial charge in [-0.2, -0.15) is 0 Å². The van der Waals surface area contributed by atoms with Gasteiger partial charge in [0.05, 0.1) is 0 Å². The van der Waals surface area contributed by atoms with E-state index in [9.17, 15) is 14.4 Å². The summed E-state index contributed by atoms with van der Waals surface area (Å²) in [6.07, 6.45) is 1.87. The van der Waals surface area contributed by atoms with Gasteiger partial charge >= 0.3 is 6.03 Å². The van der Waals surface area contributed by atoms with Crippen molar-refractivity contribution >= 4 is 23.5 Å². The third kappa shape index (κ3) is 3.00. The molecule has 2 N–H and O–H groups in total. The van der Waals surface area contributed by atoms with Crippen LogP contribution in [0.4, 0.5) is 10.5 Å². The molecule has 0 unspecified atom stereocenters. The first-order chi connectivity index (χ1) is 11.3. The third-order valence-corrected chi connectivity index (χ3v) is 4.83. The number of rotatable bonds is 5. The number of nitrogens with one attached hydrogen (secondary N) is 2. The summed E-state index contributed by atoms with van der Waals surface area (Å²) in [7, 11) is 0. The quantitative estimate of drug-likeness (QED) is 0.815. The van der Waals surface area contributed by atoms with Crippen LogP contribution < -0.4 is 10.6 Å². The molecule has 4 amide bonds. The molecular weight excluding hydrogens is 306 g/mol. The molecule has 1 saturated heterocycles. The zero-order valence-electron chi connectivity index (χ0n) is 14.3. The highest BCUT2D eigenvalue weighted by Crippen LogP contribution is 2.42. The van der Waals surface area contributed by atoms with E-state index < -0.39 is 11.6 Å². The maximum atomic E-state index is 12.5. The molecule has 0 aromatic heterocycles. The van der Waals surface area contributed by atoms with Crippen LogP contribution in [-0.4, -0.2) is 34.8 Å². The van der Waals surface area contributed by atoms with Crippen molar-refractivity contribution in [3.8, 4) is 0 Å². The van der Waals surface area contributed by atoms with Gasteiger partial charge in [-0.1, -0.05) is 26.0 Å². The molecule has 0 bridgehead atoms. The molecule has 3 rings (SSSR count). The monoisotopic (exact) mass is 329 g/mol. The van der Waals surface area contributed by atoms with Gasteiger partial charge in [0.1, 0.15) is 12.1 Å². The van der Waals surface area contributed by atoms with Gasteiger partial charge < -0.3 is 10.6 Å². The van der Waals surface area contributed by atoms with Crippen molar-refractivity contribution in [1.29, 1.82) is 0 Å². The van der Waals surface area contributed by atoms with Crippen LogP contribution >= 0.6 is 0 Å². The van der Waals surface area contributed by atoms with Crippen molar-refractivity contribution in [2.75, 3.05) is 11.9 Å². The minimum absolute atomic E-state index is 0.185. The summed E-state index contributed by atoms with van der Waals surface area (Å²) in [5.41, 5.74) is 0.932. The molecule has 1 saturated carbocycles. The molecule has 2 fully saturated rings. The SMILES string of the molecule is CC(C)c1cccc(NC(=O)CN2C(=O)N[C@@](C)(C3CC3)C2=O)c1. The Balaban J connectivity index is 1.66. The van der Waals surface area contributed by atoms with Gasteiger partial charge in [0, 0.05) is 5.69 Å². The van der Waals surface area contributed by atoms with Gasteiger partial charge in [-0.15, -0.1) is 0 Å². The second kappa shape index (κ2) is 5.92. The topological polar surface area (TPSA) is 78.5 Å². The fraction of sp³-hybridized carbons (Fsp3) is 0.500. The van der Waals surface area contributed by atoms with E-state index in [-0.39, 0.29) is 24.3 Å². The van der Waals surface area contributed by atoms with Crippen LogP contribution in [0.15, 0.2) is 24.3 Å². The van der Waals surface area contributed by atoms with E-state index in [1.165, 1.54) is 0 Å². The number of carbonyl (C=O) groups excluding carboxylic acids is 3. The predicted molar refractivity (Wildman–Crippen MR) is 90.5 cm³/mol. The Morgan fingerprint density at radius 3 is 2.71 bits per heavy atom. The first-order valence-corrected chi connectivity index (χ1v) is 8.35. The molecule has 1 aliphatic carbocycles. The number of anilines is 1. The highest BCUT2D eigenvalue weighted by atomic mass is 16.2. The molecule has 6 heteroatoms. The number of hydrogen-bond acceptors (Lipinski definition) is 3. The molecule has 1 aliphatic heterocycles. The number of nitrogens with zero attached hydrogens (tertiary/aromatic N) is 1. The number of carbonyl (C=O) groups is 3. The Kier molecular flexibility index (Phi) is 4.07. The second-order valence-electron chi connectivity index (χ2n) is 7.13. The molecule has 1 aromatic carbocycles. The fourth-order valence-electron chi connectivity index (χ4n) is 3.12. The summed E-state index contributed by atoms with van der Waals surface area (Å²) in [5.74, 6) is -0.141. The van der Waals surface area contributed by atoms with Gasteiger partial charge in [-0.05, 0) is 49.3 Å². The van der Waals surface area contributed by atoms with Crippen LogP contribution in [0.25, 0.3) is 0 Å². The van der Waals surface area contributed by atoms with Crippen molar-refractivity contribution in [1.82, 2.24) is 10.2 Å². The fourth-order valence-corrected chi connectivity index (χ4v) is 3.12. The average molecular weight is 329 g/mol. The smallest absolute Gasteiger partial charge is 0.325 e. The van der Waals surface area contributed by atoms with Crippen molar-refractivity contribution in [3.63, 3.8) is 0 Å². The van der Waals surface area contributed by atoms with Crippen LogP contribution in [-0.2, 0) is 9.59 Å². The zero-order valence-corrected chi connectivity index (χ0v) is 14.3. The van der Waals surface area contributed by atoms with Gasteiger partial charge in [0.25, 0.3) is 5.91 Å². The van der Waals surface area contributed by atoms with Crippen LogP contribution in [0.3, 0.4) is 0 Å². The highest BCUT2D eigenvalue weighted by Gasteiger charge is 2.56. The summed E-state index contributed by atoms with van der Waals surface area (Å²) in [6, 6.07) is 7.09. The van der Waals surface area contributed by atoms with Crippen molar-refractivity contribution in [3.05, 3.63) is 29.8 Å². The van der Waals surface area contributed by atoms with Crippen LogP contribution in [0.1, 0.15) is 45.1 Å². The molecule has 6 nitrogen and oxygen atoms in total. The van der Waals surface area contributed by atoms with Crippen LogP contribution in [0.5, 0.6) is 0 Å². The lowest BCUT2D eigenvalue weighted by molar-refractivity contribution is -0.134. The summed E-state index contributed by atoms with van der Waals surface area (Å²) < 4.78 is 0. The lowest BCUT2D eigenvalue weighted by atomic mass is 9.96. The van der Waals surface area contributed by atoms with E-state index >= 15 is 0 Å². The molecule has 1 heterocycles. The lowest BCUT2D eigenvalue weighted by Gasteiger charge is -2.20. The maximum absolute atomic E-state index is 12.5. The normalized spacial score (nSPS) is 23.6. The third-order valence-electron chi connectivity index (χ3n) is 4.83. The zero-order chi connectivity index (χ0) is 17.5. The second-order valence-corrected chi connectivity index (χ2v) is 7.13. The number of hydrogen-bond donors (Lipinski definition) is 2.